The lowest BCUT2D eigenvalue weighted by Gasteiger charge is -2.17. The molecule has 10 nitrogen and oxygen atoms in total. The Balaban J connectivity index is 1.78. The lowest BCUT2D eigenvalue weighted by atomic mass is 10.0. The number of carbonyl (C=O) groups is 3. The van der Waals surface area contributed by atoms with Gasteiger partial charge >= 0.3 is 6.09 Å². The summed E-state index contributed by atoms with van der Waals surface area (Å²) in [7, 11) is 1.18. The summed E-state index contributed by atoms with van der Waals surface area (Å²) in [5.74, 6) is -0.688. The second kappa shape index (κ2) is 12.6. The molecule has 0 radical (unpaired) electrons. The average molecular weight is 508 g/mol. The quantitative estimate of drug-likeness (QED) is 0.294. The summed E-state index contributed by atoms with van der Waals surface area (Å²) in [5.41, 5.74) is 7.91. The summed E-state index contributed by atoms with van der Waals surface area (Å²) >= 11 is 0. The normalized spacial score (nSPS) is 12.1. The van der Waals surface area contributed by atoms with Gasteiger partial charge in [0.2, 0.25) is 11.8 Å². The number of aromatic amines is 1. The molecule has 0 unspecified atom stereocenters. The molecule has 3 amide bonds. The molecule has 0 spiro atoms. The lowest BCUT2D eigenvalue weighted by molar-refractivity contribution is -0.118. The molecule has 2 aromatic heterocycles. The number of carbonyl (C=O) groups excluding carboxylic acids is 3. The van der Waals surface area contributed by atoms with Gasteiger partial charge in [0.15, 0.2) is 0 Å². The highest BCUT2D eigenvalue weighted by Crippen LogP contribution is 2.22. The molecule has 0 aliphatic heterocycles. The van der Waals surface area contributed by atoms with Gasteiger partial charge in [-0.05, 0) is 60.4 Å². The Kier molecular flexibility index (Phi) is 9.26. The van der Waals surface area contributed by atoms with Gasteiger partial charge in [-0.3, -0.25) is 14.4 Å². The molecule has 5 N–H and O–H groups in total. The second-order valence-corrected chi connectivity index (χ2v) is 9.19. The number of para-hydroxylation sites is 1. The first kappa shape index (κ1) is 27.3. The molecule has 0 saturated heterocycles. The number of nitrogens with two attached hydrogens (primary N) is 1. The molecule has 0 fully saturated rings. The molecule has 3 rings (SSSR count). The minimum atomic E-state index is -0.994. The summed E-state index contributed by atoms with van der Waals surface area (Å²) in [4.78, 5) is 52.1. The van der Waals surface area contributed by atoms with E-state index in [2.05, 4.69) is 40.3 Å². The van der Waals surface area contributed by atoms with Crippen LogP contribution in [0, 0.1) is 5.92 Å². The zero-order valence-electron chi connectivity index (χ0n) is 21.2. The van der Waals surface area contributed by atoms with E-state index in [-0.39, 0.29) is 17.7 Å². The fourth-order valence-electron chi connectivity index (χ4n) is 4.06. The van der Waals surface area contributed by atoms with Crippen LogP contribution >= 0.6 is 0 Å². The highest BCUT2D eigenvalue weighted by Gasteiger charge is 2.22. The monoisotopic (exact) mass is 507 g/mol. The Morgan fingerprint density at radius 3 is 2.68 bits per heavy atom. The third-order valence-corrected chi connectivity index (χ3v) is 5.74. The number of alkyl carbamates (subject to hydrolysis) is 1. The zero-order valence-corrected chi connectivity index (χ0v) is 21.2. The van der Waals surface area contributed by atoms with Crippen LogP contribution in [-0.2, 0) is 27.3 Å². The van der Waals surface area contributed by atoms with Crippen molar-refractivity contribution < 1.29 is 19.1 Å². The third kappa shape index (κ3) is 7.57. The molecule has 0 aliphatic rings. The average Bonchev–Trinajstić information content (AvgIpc) is 3.26. The van der Waals surface area contributed by atoms with E-state index < -0.39 is 23.9 Å². The largest absolute Gasteiger partial charge is 0.453 e. The van der Waals surface area contributed by atoms with Crippen LogP contribution in [0.4, 0.5) is 10.5 Å². The van der Waals surface area contributed by atoms with Crippen LogP contribution in [0.25, 0.3) is 10.9 Å². The van der Waals surface area contributed by atoms with Crippen LogP contribution in [0.15, 0.2) is 59.5 Å². The van der Waals surface area contributed by atoms with E-state index in [9.17, 15) is 19.2 Å². The van der Waals surface area contributed by atoms with Gasteiger partial charge in [0.1, 0.15) is 11.7 Å². The number of anilines is 1. The Morgan fingerprint density at radius 1 is 1.19 bits per heavy atom. The van der Waals surface area contributed by atoms with Crippen LogP contribution in [0.1, 0.15) is 37.9 Å². The van der Waals surface area contributed by atoms with E-state index in [0.717, 1.165) is 23.0 Å². The Hall–Kier alpha value is -4.34. The SMILES string of the molecule is COC(=O)N[C@@H](CC/C=C/C(N)=O)C(=O)Nc1cccn(Cc2cc3cccc(CC(C)C)c3[nH]2)c1=O. The fourth-order valence-corrected chi connectivity index (χ4v) is 4.06. The van der Waals surface area contributed by atoms with Crippen LogP contribution in [0.5, 0.6) is 0 Å². The number of nitrogens with zero attached hydrogens (tertiary/aromatic N) is 1. The van der Waals surface area contributed by atoms with E-state index in [4.69, 9.17) is 5.73 Å². The van der Waals surface area contributed by atoms with Crippen LogP contribution in [0.3, 0.4) is 0 Å². The van der Waals surface area contributed by atoms with Crippen molar-refractivity contribution >= 4 is 34.5 Å². The number of nitrogens with one attached hydrogen (secondary N) is 3. The smallest absolute Gasteiger partial charge is 0.407 e. The first-order chi connectivity index (χ1) is 17.7. The summed E-state index contributed by atoms with van der Waals surface area (Å²) in [5, 5.41) is 6.13. The van der Waals surface area contributed by atoms with E-state index >= 15 is 0 Å². The molecule has 37 heavy (non-hydrogen) atoms. The fraction of sp³-hybridized carbons (Fsp3) is 0.333. The topological polar surface area (TPSA) is 148 Å². The maximum absolute atomic E-state index is 13.1. The Labute approximate surface area is 214 Å². The van der Waals surface area contributed by atoms with Crippen molar-refractivity contribution in [1.82, 2.24) is 14.9 Å². The van der Waals surface area contributed by atoms with Gasteiger partial charge in [0.25, 0.3) is 5.56 Å². The van der Waals surface area contributed by atoms with Crippen LogP contribution in [-0.4, -0.2) is 40.6 Å². The number of methoxy groups -OCH3 is 1. The molecule has 1 atom stereocenters. The van der Waals surface area contributed by atoms with E-state index in [1.165, 1.54) is 35.5 Å². The third-order valence-electron chi connectivity index (χ3n) is 5.74. The highest BCUT2D eigenvalue weighted by atomic mass is 16.5. The van der Waals surface area contributed by atoms with Crippen LogP contribution in [0.2, 0.25) is 0 Å². The van der Waals surface area contributed by atoms with Gasteiger partial charge in [-0.2, -0.15) is 0 Å². The number of hydrogen-bond acceptors (Lipinski definition) is 5. The number of allylic oxidation sites excluding steroid dienone is 1. The molecule has 0 saturated carbocycles. The predicted octanol–water partition coefficient (Wildman–Crippen LogP) is 3.06. The number of fused-ring (bicyclic) bond motifs is 1. The Bertz CT molecular complexity index is 1350. The van der Waals surface area contributed by atoms with Crippen molar-refractivity contribution in [2.75, 3.05) is 12.4 Å². The van der Waals surface area contributed by atoms with Crippen molar-refractivity contribution in [3.05, 3.63) is 76.4 Å². The van der Waals surface area contributed by atoms with Crippen molar-refractivity contribution in [3.63, 3.8) is 0 Å². The molecule has 3 aromatic rings. The van der Waals surface area contributed by atoms with Crippen molar-refractivity contribution in [2.24, 2.45) is 11.7 Å². The summed E-state index contributed by atoms with van der Waals surface area (Å²) in [6.07, 6.45) is 4.95. The number of primary amides is 1. The second-order valence-electron chi connectivity index (χ2n) is 9.19. The minimum Gasteiger partial charge on any atom is -0.453 e. The van der Waals surface area contributed by atoms with Gasteiger partial charge in [0.05, 0.1) is 13.7 Å². The zero-order chi connectivity index (χ0) is 26.9. The summed E-state index contributed by atoms with van der Waals surface area (Å²) < 4.78 is 6.10. The van der Waals surface area contributed by atoms with Gasteiger partial charge in [-0.25, -0.2) is 4.79 Å². The molecule has 1 aromatic carbocycles. The maximum Gasteiger partial charge on any atom is 0.407 e. The predicted molar refractivity (Wildman–Crippen MR) is 142 cm³/mol. The van der Waals surface area contributed by atoms with Gasteiger partial charge in [-0.15, -0.1) is 0 Å². The number of benzene rings is 1. The maximum atomic E-state index is 13.1. The number of aromatic nitrogens is 2. The first-order valence-electron chi connectivity index (χ1n) is 12.1. The molecule has 196 valence electrons. The van der Waals surface area contributed by atoms with E-state index in [1.807, 2.05) is 18.2 Å². The number of ether oxygens (including phenoxy) is 1. The molecule has 10 heteroatoms. The number of pyridine rings is 1. The molecular formula is C27H33N5O5. The minimum absolute atomic E-state index is 0.0773. The number of hydrogen-bond donors (Lipinski definition) is 4. The summed E-state index contributed by atoms with van der Waals surface area (Å²) in [6, 6.07) is 10.4. The molecule has 0 aliphatic carbocycles. The molecule has 2 heterocycles. The number of H-pyrrole nitrogens is 1. The Morgan fingerprint density at radius 2 is 1.97 bits per heavy atom. The van der Waals surface area contributed by atoms with Gasteiger partial charge in [-0.1, -0.05) is 38.1 Å². The molecular weight excluding hydrogens is 474 g/mol. The lowest BCUT2D eigenvalue weighted by Crippen LogP contribution is -2.44. The van der Waals surface area contributed by atoms with Crippen molar-refractivity contribution in [1.29, 1.82) is 0 Å². The van der Waals surface area contributed by atoms with E-state index in [1.54, 1.807) is 12.3 Å². The highest BCUT2D eigenvalue weighted by molar-refractivity contribution is 5.96. The van der Waals surface area contributed by atoms with Gasteiger partial charge in [0, 0.05) is 17.4 Å². The summed E-state index contributed by atoms with van der Waals surface area (Å²) in [6.45, 7) is 4.64. The van der Waals surface area contributed by atoms with Gasteiger partial charge < -0.3 is 30.7 Å². The van der Waals surface area contributed by atoms with Crippen LogP contribution < -0.4 is 21.9 Å². The van der Waals surface area contributed by atoms with Crippen molar-refractivity contribution in [3.8, 4) is 0 Å². The first-order valence-corrected chi connectivity index (χ1v) is 12.1. The number of amides is 3. The number of rotatable bonds is 11. The van der Waals surface area contributed by atoms with Crippen molar-refractivity contribution in [2.45, 2.75) is 45.7 Å². The molecule has 0 bridgehead atoms. The standard InChI is InChI=1S/C27H33N5O5/c1-17(2)14-18-8-6-9-19-15-20(29-24(18)19)16-32-13-7-11-22(26(32)35)30-25(34)21(31-27(36)37-3)10-4-5-12-23(28)33/h5-9,11-13,15,17,21,29H,4,10,14,16H2,1-3H3,(H2,28,33)(H,30,34)(H,31,36)/b12-5+/t21-/m0/s1. The van der Waals surface area contributed by atoms with E-state index in [0.29, 0.717) is 18.9 Å².